The van der Waals surface area contributed by atoms with Crippen molar-refractivity contribution in [2.24, 2.45) is 0 Å². The maximum absolute atomic E-state index is 12.1. The van der Waals surface area contributed by atoms with Gasteiger partial charge in [-0.15, -0.1) is 0 Å². The van der Waals surface area contributed by atoms with E-state index >= 15 is 0 Å². The number of carbonyl (C=O) groups is 1. The molecule has 1 aliphatic rings. The zero-order valence-corrected chi connectivity index (χ0v) is 11.2. The molecule has 1 saturated heterocycles. The molecule has 0 aliphatic carbocycles. The summed E-state index contributed by atoms with van der Waals surface area (Å²) in [6.45, 7) is 0.883. The molecule has 3 rings (SSSR count). The van der Waals surface area contributed by atoms with Gasteiger partial charge >= 0.3 is 0 Å². The summed E-state index contributed by atoms with van der Waals surface area (Å²) in [4.78, 5) is 13.7. The van der Waals surface area contributed by atoms with E-state index in [-0.39, 0.29) is 12.0 Å². The predicted molar refractivity (Wildman–Crippen MR) is 73.6 cm³/mol. The summed E-state index contributed by atoms with van der Waals surface area (Å²) in [5.41, 5.74) is 0.678. The molecule has 92 valence electrons. The van der Waals surface area contributed by atoms with Crippen LogP contribution in [0.2, 0.25) is 0 Å². The number of likely N-dealkylation sites (tertiary alicyclic amines) is 1. The molecular formula is C14H12BrNO2. The number of β-amino-alcohol motifs (C(OH)–C–C–N with tert-alkyl or cyclic N) is 1. The van der Waals surface area contributed by atoms with Crippen LogP contribution in [0.25, 0.3) is 10.8 Å². The minimum Gasteiger partial charge on any atom is -0.389 e. The van der Waals surface area contributed by atoms with Crippen LogP contribution in [-0.4, -0.2) is 35.1 Å². The lowest BCUT2D eigenvalue weighted by molar-refractivity contribution is 0.00591. The summed E-state index contributed by atoms with van der Waals surface area (Å²) in [6, 6.07) is 11.7. The Morgan fingerprint density at radius 3 is 2.56 bits per heavy atom. The minimum atomic E-state index is -0.356. The fraction of sp³-hybridized carbons (Fsp3) is 0.214. The van der Waals surface area contributed by atoms with E-state index < -0.39 is 0 Å². The molecule has 1 fully saturated rings. The van der Waals surface area contributed by atoms with Crippen LogP contribution in [0, 0.1) is 0 Å². The number of nitrogens with zero attached hydrogens (tertiary/aromatic N) is 1. The Morgan fingerprint density at radius 2 is 1.83 bits per heavy atom. The number of carbonyl (C=O) groups excluding carboxylic acids is 1. The summed E-state index contributed by atoms with van der Waals surface area (Å²) in [5, 5.41) is 11.4. The second kappa shape index (κ2) is 4.37. The molecule has 0 saturated carbocycles. The number of aliphatic hydroxyl groups is 1. The van der Waals surface area contributed by atoms with E-state index in [4.69, 9.17) is 0 Å². The average molecular weight is 306 g/mol. The maximum Gasteiger partial charge on any atom is 0.254 e. The van der Waals surface area contributed by atoms with Gasteiger partial charge in [-0.2, -0.15) is 0 Å². The lowest BCUT2D eigenvalue weighted by Gasteiger charge is -2.35. The standard InChI is InChI=1S/C14H12BrNO2/c15-12-4-3-9-5-11(2-1-10(9)6-12)14(18)16-7-13(17)8-16/h1-6,13,17H,7-8H2. The van der Waals surface area contributed by atoms with Crippen LogP contribution in [0.3, 0.4) is 0 Å². The molecule has 18 heavy (non-hydrogen) atoms. The van der Waals surface area contributed by atoms with Gasteiger partial charge in [-0.1, -0.05) is 28.1 Å². The van der Waals surface area contributed by atoms with Crippen LogP contribution in [0.1, 0.15) is 10.4 Å². The summed E-state index contributed by atoms with van der Waals surface area (Å²) in [6.07, 6.45) is -0.356. The second-order valence-electron chi connectivity index (χ2n) is 4.57. The Hall–Kier alpha value is -1.39. The fourth-order valence-electron chi connectivity index (χ4n) is 2.15. The summed E-state index contributed by atoms with van der Waals surface area (Å²) >= 11 is 3.43. The summed E-state index contributed by atoms with van der Waals surface area (Å²) in [7, 11) is 0. The number of rotatable bonds is 1. The lowest BCUT2D eigenvalue weighted by Crippen LogP contribution is -2.53. The normalized spacial score (nSPS) is 15.8. The molecule has 1 amide bonds. The van der Waals surface area contributed by atoms with Crippen LogP contribution in [0.15, 0.2) is 40.9 Å². The van der Waals surface area contributed by atoms with Crippen molar-refractivity contribution in [3.63, 3.8) is 0 Å². The topological polar surface area (TPSA) is 40.5 Å². The first-order valence-corrected chi connectivity index (χ1v) is 6.59. The monoisotopic (exact) mass is 305 g/mol. The van der Waals surface area contributed by atoms with Gasteiger partial charge in [0.25, 0.3) is 5.91 Å². The zero-order chi connectivity index (χ0) is 12.7. The minimum absolute atomic E-state index is 0.00915. The van der Waals surface area contributed by atoms with Crippen LogP contribution in [0.5, 0.6) is 0 Å². The van der Waals surface area contributed by atoms with E-state index in [0.29, 0.717) is 18.7 Å². The molecule has 0 aromatic heterocycles. The van der Waals surface area contributed by atoms with Crippen LogP contribution in [-0.2, 0) is 0 Å². The third kappa shape index (κ3) is 2.02. The highest BCUT2D eigenvalue weighted by atomic mass is 79.9. The number of benzene rings is 2. The molecule has 1 N–H and O–H groups in total. The Kier molecular flexibility index (Phi) is 2.84. The van der Waals surface area contributed by atoms with Crippen molar-refractivity contribution in [2.75, 3.05) is 13.1 Å². The molecule has 1 aliphatic heterocycles. The van der Waals surface area contributed by atoms with Gasteiger partial charge in [0.2, 0.25) is 0 Å². The summed E-state index contributed by atoms with van der Waals surface area (Å²) < 4.78 is 1.03. The largest absolute Gasteiger partial charge is 0.389 e. The number of hydrogen-bond acceptors (Lipinski definition) is 2. The highest BCUT2D eigenvalue weighted by Crippen LogP contribution is 2.22. The molecule has 0 unspecified atom stereocenters. The third-order valence-electron chi connectivity index (χ3n) is 3.20. The number of halogens is 1. The smallest absolute Gasteiger partial charge is 0.254 e. The first kappa shape index (κ1) is 11.7. The van der Waals surface area contributed by atoms with Crippen LogP contribution >= 0.6 is 15.9 Å². The molecule has 0 atom stereocenters. The van der Waals surface area contributed by atoms with Gasteiger partial charge in [0.1, 0.15) is 0 Å². The Bertz CT molecular complexity index is 620. The number of aliphatic hydroxyl groups excluding tert-OH is 1. The maximum atomic E-state index is 12.1. The first-order valence-electron chi connectivity index (χ1n) is 5.80. The highest BCUT2D eigenvalue weighted by molar-refractivity contribution is 9.10. The van der Waals surface area contributed by atoms with Crippen molar-refractivity contribution < 1.29 is 9.90 Å². The molecule has 0 spiro atoms. The van der Waals surface area contributed by atoms with E-state index in [9.17, 15) is 9.90 Å². The molecule has 0 radical (unpaired) electrons. The van der Waals surface area contributed by atoms with Crippen molar-refractivity contribution in [3.8, 4) is 0 Å². The second-order valence-corrected chi connectivity index (χ2v) is 5.49. The molecule has 1 heterocycles. The first-order chi connectivity index (χ1) is 8.63. The number of amides is 1. The van der Waals surface area contributed by atoms with E-state index in [1.54, 1.807) is 4.90 Å². The van der Waals surface area contributed by atoms with Crippen molar-refractivity contribution in [1.82, 2.24) is 4.90 Å². The van der Waals surface area contributed by atoms with Gasteiger partial charge in [0.15, 0.2) is 0 Å². The van der Waals surface area contributed by atoms with Crippen LogP contribution in [0.4, 0.5) is 0 Å². The molecule has 4 heteroatoms. The molecule has 0 bridgehead atoms. The predicted octanol–water partition coefficient (Wildman–Crippen LogP) is 2.42. The Morgan fingerprint density at radius 1 is 1.17 bits per heavy atom. The van der Waals surface area contributed by atoms with E-state index in [2.05, 4.69) is 15.9 Å². The van der Waals surface area contributed by atoms with Gasteiger partial charge in [-0.3, -0.25) is 4.79 Å². The SMILES string of the molecule is O=C(c1ccc2cc(Br)ccc2c1)N1CC(O)C1. The molecule has 3 nitrogen and oxygen atoms in total. The van der Waals surface area contributed by atoms with Gasteiger partial charge in [0, 0.05) is 23.1 Å². The van der Waals surface area contributed by atoms with Gasteiger partial charge in [-0.25, -0.2) is 0 Å². The van der Waals surface area contributed by atoms with Crippen molar-refractivity contribution in [1.29, 1.82) is 0 Å². The quantitative estimate of drug-likeness (QED) is 0.879. The van der Waals surface area contributed by atoms with Crippen molar-refractivity contribution in [3.05, 3.63) is 46.4 Å². The molecule has 2 aromatic rings. The van der Waals surface area contributed by atoms with E-state index in [1.165, 1.54) is 0 Å². The van der Waals surface area contributed by atoms with E-state index in [0.717, 1.165) is 15.2 Å². The van der Waals surface area contributed by atoms with Gasteiger partial charge < -0.3 is 10.0 Å². The van der Waals surface area contributed by atoms with E-state index in [1.807, 2.05) is 36.4 Å². The molecule has 2 aromatic carbocycles. The fourth-order valence-corrected chi connectivity index (χ4v) is 2.53. The summed E-state index contributed by atoms with van der Waals surface area (Å²) in [5.74, 6) is -0.00915. The van der Waals surface area contributed by atoms with Crippen molar-refractivity contribution >= 4 is 32.6 Å². The lowest BCUT2D eigenvalue weighted by atomic mass is 10.0. The van der Waals surface area contributed by atoms with Gasteiger partial charge in [0.05, 0.1) is 6.10 Å². The number of fused-ring (bicyclic) bond motifs is 1. The highest BCUT2D eigenvalue weighted by Gasteiger charge is 2.29. The number of hydrogen-bond donors (Lipinski definition) is 1. The zero-order valence-electron chi connectivity index (χ0n) is 9.64. The van der Waals surface area contributed by atoms with Crippen LogP contribution < -0.4 is 0 Å². The third-order valence-corrected chi connectivity index (χ3v) is 3.69. The van der Waals surface area contributed by atoms with Crippen molar-refractivity contribution in [2.45, 2.75) is 6.10 Å². The Balaban J connectivity index is 1.93. The average Bonchev–Trinajstić information content (AvgIpc) is 2.33. The Labute approximate surface area is 113 Å². The molecular weight excluding hydrogens is 294 g/mol. The van der Waals surface area contributed by atoms with Gasteiger partial charge in [-0.05, 0) is 35.0 Å².